The molecule has 1 rings (SSSR count). The minimum Gasteiger partial charge on any atom is -0.396 e. The molecule has 1 amide bonds. The number of aliphatic hydroxyl groups excluding tert-OH is 1. The van der Waals surface area contributed by atoms with Gasteiger partial charge in [-0.05, 0) is 45.0 Å². The molecule has 6 heteroatoms. The van der Waals surface area contributed by atoms with Crippen LogP contribution >= 0.6 is 23.2 Å². The molecule has 1 aromatic carbocycles. The number of rotatable bonds is 8. The first-order chi connectivity index (χ1) is 9.54. The van der Waals surface area contributed by atoms with E-state index in [2.05, 4.69) is 5.32 Å². The van der Waals surface area contributed by atoms with Gasteiger partial charge in [-0.15, -0.1) is 0 Å². The van der Waals surface area contributed by atoms with Crippen LogP contribution in [-0.4, -0.2) is 42.7 Å². The average molecular weight is 319 g/mol. The molecule has 0 atom stereocenters. The lowest BCUT2D eigenvalue weighted by molar-refractivity contribution is -0.117. The lowest BCUT2D eigenvalue weighted by Crippen LogP contribution is -2.31. The highest BCUT2D eigenvalue weighted by molar-refractivity contribution is 6.43. The number of halogens is 2. The van der Waals surface area contributed by atoms with E-state index < -0.39 is 0 Å². The molecule has 0 bridgehead atoms. The van der Waals surface area contributed by atoms with E-state index >= 15 is 0 Å². The summed E-state index contributed by atoms with van der Waals surface area (Å²) in [5, 5.41) is 12.2. The molecule has 0 saturated heterocycles. The van der Waals surface area contributed by atoms with E-state index in [4.69, 9.17) is 28.3 Å². The smallest absolute Gasteiger partial charge is 0.238 e. The Morgan fingerprint density at radius 2 is 2.05 bits per heavy atom. The van der Waals surface area contributed by atoms with Gasteiger partial charge in [0.05, 0.1) is 22.3 Å². The van der Waals surface area contributed by atoms with Crippen molar-refractivity contribution < 1.29 is 9.90 Å². The Labute approximate surface area is 129 Å². The molecule has 0 aliphatic heterocycles. The normalized spacial score (nSPS) is 10.8. The summed E-state index contributed by atoms with van der Waals surface area (Å²) >= 11 is 11.9. The number of carbonyl (C=O) groups is 1. The number of nitrogens with one attached hydrogen (secondary N) is 1. The Morgan fingerprint density at radius 3 is 2.75 bits per heavy atom. The van der Waals surface area contributed by atoms with E-state index in [1.807, 2.05) is 11.9 Å². The largest absolute Gasteiger partial charge is 0.396 e. The fraction of sp³-hybridized carbons (Fsp3) is 0.500. The molecule has 0 aromatic heterocycles. The van der Waals surface area contributed by atoms with Gasteiger partial charge in [-0.3, -0.25) is 9.69 Å². The Balaban J connectivity index is 2.37. The molecule has 0 heterocycles. The number of anilines is 1. The van der Waals surface area contributed by atoms with Crippen molar-refractivity contribution in [3.05, 3.63) is 28.2 Å². The number of unbranched alkanes of at least 4 members (excludes halogenated alkanes) is 2. The molecule has 2 N–H and O–H groups in total. The summed E-state index contributed by atoms with van der Waals surface area (Å²) in [5.74, 6) is -0.126. The molecule has 0 unspecified atom stereocenters. The van der Waals surface area contributed by atoms with E-state index in [1.165, 1.54) is 0 Å². The summed E-state index contributed by atoms with van der Waals surface area (Å²) < 4.78 is 0. The van der Waals surface area contributed by atoms with Crippen molar-refractivity contribution in [3.8, 4) is 0 Å². The van der Waals surface area contributed by atoms with Gasteiger partial charge >= 0.3 is 0 Å². The van der Waals surface area contributed by atoms with Crippen molar-refractivity contribution in [2.24, 2.45) is 0 Å². The van der Waals surface area contributed by atoms with Crippen molar-refractivity contribution in [2.75, 3.05) is 32.1 Å². The van der Waals surface area contributed by atoms with E-state index in [0.29, 0.717) is 22.3 Å². The summed E-state index contributed by atoms with van der Waals surface area (Å²) in [6, 6.07) is 5.13. The van der Waals surface area contributed by atoms with Crippen LogP contribution in [0.25, 0.3) is 0 Å². The fourth-order valence-electron chi connectivity index (χ4n) is 1.78. The first-order valence-corrected chi connectivity index (χ1v) is 7.33. The van der Waals surface area contributed by atoms with Crippen molar-refractivity contribution in [3.63, 3.8) is 0 Å². The number of benzene rings is 1. The second kappa shape index (κ2) is 9.19. The zero-order valence-corrected chi connectivity index (χ0v) is 13.0. The highest BCUT2D eigenvalue weighted by atomic mass is 35.5. The molecule has 1 aromatic rings. The van der Waals surface area contributed by atoms with E-state index in [1.54, 1.807) is 18.2 Å². The zero-order chi connectivity index (χ0) is 15.0. The zero-order valence-electron chi connectivity index (χ0n) is 11.5. The van der Waals surface area contributed by atoms with Gasteiger partial charge in [-0.25, -0.2) is 0 Å². The third kappa shape index (κ3) is 6.09. The van der Waals surface area contributed by atoms with Gasteiger partial charge in [-0.1, -0.05) is 29.3 Å². The van der Waals surface area contributed by atoms with Crippen LogP contribution in [0.1, 0.15) is 19.3 Å². The van der Waals surface area contributed by atoms with Gasteiger partial charge in [0.2, 0.25) is 5.91 Å². The number of aliphatic hydroxyl groups is 1. The lowest BCUT2D eigenvalue weighted by Gasteiger charge is -2.16. The number of amides is 1. The summed E-state index contributed by atoms with van der Waals surface area (Å²) in [7, 11) is 1.89. The Morgan fingerprint density at radius 1 is 1.30 bits per heavy atom. The SMILES string of the molecule is CN(CCCCCO)CC(=O)Nc1cccc(Cl)c1Cl. The minimum atomic E-state index is -0.126. The average Bonchev–Trinajstić information content (AvgIpc) is 2.40. The second-order valence-corrected chi connectivity index (χ2v) is 5.46. The first kappa shape index (κ1) is 17.2. The van der Waals surface area contributed by atoms with Gasteiger partial charge in [-0.2, -0.15) is 0 Å². The molecule has 0 fully saturated rings. The molecule has 0 aliphatic rings. The molecule has 0 spiro atoms. The van der Waals surface area contributed by atoms with Crippen molar-refractivity contribution >= 4 is 34.8 Å². The molecule has 4 nitrogen and oxygen atoms in total. The van der Waals surface area contributed by atoms with E-state index in [9.17, 15) is 4.79 Å². The topological polar surface area (TPSA) is 52.6 Å². The van der Waals surface area contributed by atoms with Crippen LogP contribution in [0.15, 0.2) is 18.2 Å². The summed E-state index contributed by atoms with van der Waals surface area (Å²) in [5.41, 5.74) is 0.526. The molecular weight excluding hydrogens is 299 g/mol. The van der Waals surface area contributed by atoms with Gasteiger partial charge in [0, 0.05) is 6.61 Å². The van der Waals surface area contributed by atoms with Crippen LogP contribution in [0.2, 0.25) is 10.0 Å². The van der Waals surface area contributed by atoms with E-state index in [-0.39, 0.29) is 12.5 Å². The highest BCUT2D eigenvalue weighted by Crippen LogP contribution is 2.29. The number of hydrogen-bond acceptors (Lipinski definition) is 3. The maximum Gasteiger partial charge on any atom is 0.238 e. The predicted octanol–water partition coefficient (Wildman–Crippen LogP) is 3.03. The van der Waals surface area contributed by atoms with Crippen molar-refractivity contribution in [2.45, 2.75) is 19.3 Å². The number of nitrogens with zero attached hydrogens (tertiary/aromatic N) is 1. The van der Waals surface area contributed by atoms with Crippen molar-refractivity contribution in [1.82, 2.24) is 4.90 Å². The second-order valence-electron chi connectivity index (χ2n) is 4.67. The van der Waals surface area contributed by atoms with Crippen LogP contribution in [-0.2, 0) is 4.79 Å². The van der Waals surface area contributed by atoms with Crippen LogP contribution in [0, 0.1) is 0 Å². The van der Waals surface area contributed by atoms with Crippen LogP contribution in [0.5, 0.6) is 0 Å². The molecule has 112 valence electrons. The molecule has 0 aliphatic carbocycles. The fourth-order valence-corrected chi connectivity index (χ4v) is 2.13. The Hall–Kier alpha value is -0.810. The summed E-state index contributed by atoms with van der Waals surface area (Å²) in [4.78, 5) is 13.8. The molecule has 20 heavy (non-hydrogen) atoms. The third-order valence-corrected chi connectivity index (χ3v) is 3.66. The van der Waals surface area contributed by atoms with Gasteiger partial charge < -0.3 is 10.4 Å². The van der Waals surface area contributed by atoms with Gasteiger partial charge in [0.25, 0.3) is 0 Å². The maximum atomic E-state index is 11.9. The van der Waals surface area contributed by atoms with Crippen LogP contribution in [0.3, 0.4) is 0 Å². The molecular formula is C14H20Cl2N2O2. The summed E-state index contributed by atoms with van der Waals surface area (Å²) in [6.45, 7) is 1.33. The monoisotopic (exact) mass is 318 g/mol. The quantitative estimate of drug-likeness (QED) is 0.724. The predicted molar refractivity (Wildman–Crippen MR) is 83.5 cm³/mol. The van der Waals surface area contributed by atoms with Crippen LogP contribution in [0.4, 0.5) is 5.69 Å². The first-order valence-electron chi connectivity index (χ1n) is 6.58. The minimum absolute atomic E-state index is 0.126. The number of hydrogen-bond donors (Lipinski definition) is 2. The number of carbonyl (C=O) groups excluding carboxylic acids is 1. The third-order valence-electron chi connectivity index (χ3n) is 2.84. The van der Waals surface area contributed by atoms with Crippen molar-refractivity contribution in [1.29, 1.82) is 0 Å². The lowest BCUT2D eigenvalue weighted by atomic mass is 10.2. The molecule has 0 saturated carbocycles. The maximum absolute atomic E-state index is 11.9. The van der Waals surface area contributed by atoms with Crippen LogP contribution < -0.4 is 5.32 Å². The number of likely N-dealkylation sites (N-methyl/N-ethyl adjacent to an activating group) is 1. The highest BCUT2D eigenvalue weighted by Gasteiger charge is 2.10. The Kier molecular flexibility index (Phi) is 7.92. The van der Waals surface area contributed by atoms with E-state index in [0.717, 1.165) is 25.8 Å². The van der Waals surface area contributed by atoms with Gasteiger partial charge in [0.1, 0.15) is 0 Å². The molecule has 0 radical (unpaired) electrons. The summed E-state index contributed by atoms with van der Waals surface area (Å²) in [6.07, 6.45) is 2.73. The van der Waals surface area contributed by atoms with Gasteiger partial charge in [0.15, 0.2) is 0 Å². The Bertz CT molecular complexity index is 441. The standard InChI is InChI=1S/C14H20Cl2N2O2/c1-18(8-3-2-4-9-19)10-13(20)17-12-7-5-6-11(15)14(12)16/h5-7,19H,2-4,8-10H2,1H3,(H,17,20).